The minimum Gasteiger partial charge on any atom is -0.352 e. The van der Waals surface area contributed by atoms with Gasteiger partial charge in [-0.25, -0.2) is 4.39 Å². The lowest BCUT2D eigenvalue weighted by molar-refractivity contribution is 0.0949. The van der Waals surface area contributed by atoms with Crippen molar-refractivity contribution in [3.8, 4) is 0 Å². The molecule has 0 aliphatic heterocycles. The molecule has 0 saturated heterocycles. The minimum atomic E-state index is -0.583. The van der Waals surface area contributed by atoms with E-state index >= 15 is 0 Å². The summed E-state index contributed by atoms with van der Waals surface area (Å²) in [6.45, 7) is 2.66. The first-order valence-corrected chi connectivity index (χ1v) is 5.76. The van der Waals surface area contributed by atoms with E-state index in [1.54, 1.807) is 0 Å². The van der Waals surface area contributed by atoms with Crippen LogP contribution >= 0.6 is 11.6 Å². The summed E-state index contributed by atoms with van der Waals surface area (Å²) in [6, 6.07) is 4.04. The van der Waals surface area contributed by atoms with Gasteiger partial charge >= 0.3 is 0 Å². The largest absolute Gasteiger partial charge is 0.352 e. The van der Waals surface area contributed by atoms with Crippen LogP contribution in [0, 0.1) is 5.82 Å². The molecule has 88 valence electrons. The number of carbonyl (C=O) groups excluding carboxylic acids is 1. The molecule has 0 saturated carbocycles. The molecule has 0 atom stereocenters. The van der Waals surface area contributed by atoms with Gasteiger partial charge in [0.15, 0.2) is 0 Å². The number of hydrogen-bond acceptors (Lipinski definition) is 1. The second-order valence-electron chi connectivity index (χ2n) is 3.59. The van der Waals surface area contributed by atoms with Crippen LogP contribution in [0.1, 0.15) is 36.5 Å². The molecular formula is C12H15ClFNO. The number of amides is 1. The van der Waals surface area contributed by atoms with E-state index in [2.05, 4.69) is 12.2 Å². The maximum Gasteiger partial charge on any atom is 0.254 e. The van der Waals surface area contributed by atoms with Crippen LogP contribution in [0.2, 0.25) is 5.02 Å². The summed E-state index contributed by atoms with van der Waals surface area (Å²) in [5.74, 6) is -0.967. The summed E-state index contributed by atoms with van der Waals surface area (Å²) >= 11 is 5.60. The highest BCUT2D eigenvalue weighted by molar-refractivity contribution is 6.30. The van der Waals surface area contributed by atoms with E-state index < -0.39 is 5.82 Å². The van der Waals surface area contributed by atoms with Gasteiger partial charge in [-0.1, -0.05) is 31.4 Å². The maximum atomic E-state index is 13.3. The second-order valence-corrected chi connectivity index (χ2v) is 4.02. The van der Waals surface area contributed by atoms with E-state index in [0.29, 0.717) is 11.6 Å². The normalized spacial score (nSPS) is 10.2. The molecule has 0 heterocycles. The van der Waals surface area contributed by atoms with Crippen LogP contribution in [0.4, 0.5) is 4.39 Å². The quantitative estimate of drug-likeness (QED) is 0.789. The van der Waals surface area contributed by atoms with Gasteiger partial charge in [-0.15, -0.1) is 0 Å². The number of hydrogen-bond donors (Lipinski definition) is 1. The Morgan fingerprint density at radius 1 is 1.44 bits per heavy atom. The maximum absolute atomic E-state index is 13.3. The summed E-state index contributed by atoms with van der Waals surface area (Å²) in [7, 11) is 0. The van der Waals surface area contributed by atoms with Crippen molar-refractivity contribution >= 4 is 17.5 Å². The van der Waals surface area contributed by atoms with Crippen LogP contribution in [-0.4, -0.2) is 12.5 Å². The van der Waals surface area contributed by atoms with Crippen LogP contribution in [0.5, 0.6) is 0 Å². The molecule has 0 aromatic heterocycles. The molecule has 16 heavy (non-hydrogen) atoms. The summed E-state index contributed by atoms with van der Waals surface area (Å²) in [4.78, 5) is 11.5. The Kier molecular flexibility index (Phi) is 5.26. The first kappa shape index (κ1) is 13.0. The fourth-order valence-electron chi connectivity index (χ4n) is 1.35. The lowest BCUT2D eigenvalue weighted by atomic mass is 10.2. The van der Waals surface area contributed by atoms with E-state index in [4.69, 9.17) is 11.6 Å². The van der Waals surface area contributed by atoms with Gasteiger partial charge in [0.05, 0.1) is 5.56 Å². The molecule has 4 heteroatoms. The van der Waals surface area contributed by atoms with Gasteiger partial charge in [-0.2, -0.15) is 0 Å². The van der Waals surface area contributed by atoms with Gasteiger partial charge in [-0.05, 0) is 24.6 Å². The van der Waals surface area contributed by atoms with E-state index in [1.165, 1.54) is 12.1 Å². The standard InChI is InChI=1S/C12H15ClFNO/c1-2-3-4-7-15-12(16)10-6-5-9(13)8-11(10)14/h5-6,8H,2-4,7H2,1H3,(H,15,16). The third-order valence-electron chi connectivity index (χ3n) is 2.24. The molecule has 1 aromatic carbocycles. The zero-order chi connectivity index (χ0) is 12.0. The lowest BCUT2D eigenvalue weighted by Gasteiger charge is -2.05. The van der Waals surface area contributed by atoms with E-state index in [9.17, 15) is 9.18 Å². The summed E-state index contributed by atoms with van der Waals surface area (Å²) in [6.07, 6.45) is 3.06. The third-order valence-corrected chi connectivity index (χ3v) is 2.48. The molecule has 0 bridgehead atoms. The van der Waals surface area contributed by atoms with Crippen LogP contribution in [0.25, 0.3) is 0 Å². The summed E-state index contributed by atoms with van der Waals surface area (Å²) in [5.41, 5.74) is 0.0425. The van der Waals surface area contributed by atoms with Gasteiger partial charge < -0.3 is 5.32 Å². The summed E-state index contributed by atoms with van der Waals surface area (Å²) < 4.78 is 13.3. The molecule has 1 rings (SSSR count). The van der Waals surface area contributed by atoms with Crippen LogP contribution in [-0.2, 0) is 0 Å². The highest BCUT2D eigenvalue weighted by atomic mass is 35.5. The molecule has 1 amide bonds. The SMILES string of the molecule is CCCCCNC(=O)c1ccc(Cl)cc1F. The smallest absolute Gasteiger partial charge is 0.254 e. The van der Waals surface area contributed by atoms with Crippen molar-refractivity contribution in [3.05, 3.63) is 34.6 Å². The molecule has 0 radical (unpaired) electrons. The molecular weight excluding hydrogens is 229 g/mol. The molecule has 0 fully saturated rings. The van der Waals surface area contributed by atoms with Crippen molar-refractivity contribution in [3.63, 3.8) is 0 Å². The topological polar surface area (TPSA) is 29.1 Å². The molecule has 1 aromatic rings. The van der Waals surface area contributed by atoms with Crippen molar-refractivity contribution in [1.29, 1.82) is 0 Å². The molecule has 0 aliphatic carbocycles. The van der Waals surface area contributed by atoms with E-state index in [-0.39, 0.29) is 11.5 Å². The first-order chi connectivity index (χ1) is 7.65. The van der Waals surface area contributed by atoms with Gasteiger partial charge in [0.25, 0.3) is 5.91 Å². The fraction of sp³-hybridized carbons (Fsp3) is 0.417. The Hall–Kier alpha value is -1.09. The lowest BCUT2D eigenvalue weighted by Crippen LogP contribution is -2.25. The average molecular weight is 244 g/mol. The minimum absolute atomic E-state index is 0.0425. The Morgan fingerprint density at radius 3 is 2.81 bits per heavy atom. The number of benzene rings is 1. The van der Waals surface area contributed by atoms with Gasteiger partial charge in [0, 0.05) is 11.6 Å². The van der Waals surface area contributed by atoms with Gasteiger partial charge in [0.2, 0.25) is 0 Å². The Labute approximate surface area is 99.8 Å². The van der Waals surface area contributed by atoms with E-state index in [0.717, 1.165) is 25.3 Å². The monoisotopic (exact) mass is 243 g/mol. The first-order valence-electron chi connectivity index (χ1n) is 5.38. The molecule has 0 aliphatic rings. The van der Waals surface area contributed by atoms with Crippen molar-refractivity contribution in [2.24, 2.45) is 0 Å². The number of unbranched alkanes of at least 4 members (excludes halogenated alkanes) is 2. The van der Waals surface area contributed by atoms with Crippen LogP contribution in [0.3, 0.4) is 0 Å². The summed E-state index contributed by atoms with van der Waals surface area (Å²) in [5, 5.41) is 2.96. The van der Waals surface area contributed by atoms with Crippen molar-refractivity contribution in [2.75, 3.05) is 6.54 Å². The molecule has 0 spiro atoms. The van der Waals surface area contributed by atoms with Crippen LogP contribution in [0.15, 0.2) is 18.2 Å². The predicted octanol–water partition coefficient (Wildman–Crippen LogP) is 3.40. The highest BCUT2D eigenvalue weighted by Crippen LogP contribution is 2.14. The van der Waals surface area contributed by atoms with E-state index in [1.807, 2.05) is 0 Å². The number of rotatable bonds is 5. The van der Waals surface area contributed by atoms with Crippen LogP contribution < -0.4 is 5.32 Å². The average Bonchev–Trinajstić information content (AvgIpc) is 2.24. The number of nitrogens with one attached hydrogen (secondary N) is 1. The second kappa shape index (κ2) is 6.48. The Bertz CT molecular complexity index is 368. The highest BCUT2D eigenvalue weighted by Gasteiger charge is 2.10. The zero-order valence-corrected chi connectivity index (χ0v) is 9.98. The molecule has 2 nitrogen and oxygen atoms in total. The van der Waals surface area contributed by atoms with Crippen molar-refractivity contribution < 1.29 is 9.18 Å². The predicted molar refractivity (Wildman–Crippen MR) is 63.3 cm³/mol. The molecule has 0 unspecified atom stereocenters. The zero-order valence-electron chi connectivity index (χ0n) is 9.22. The van der Waals surface area contributed by atoms with Crippen molar-refractivity contribution in [1.82, 2.24) is 5.32 Å². The van der Waals surface area contributed by atoms with Gasteiger partial charge in [-0.3, -0.25) is 4.79 Å². The number of carbonyl (C=O) groups is 1. The molecule has 1 N–H and O–H groups in total. The number of halogens is 2. The Morgan fingerprint density at radius 2 is 2.19 bits per heavy atom. The van der Waals surface area contributed by atoms with Crippen molar-refractivity contribution in [2.45, 2.75) is 26.2 Å². The Balaban J connectivity index is 2.53. The third kappa shape index (κ3) is 3.81. The van der Waals surface area contributed by atoms with Gasteiger partial charge in [0.1, 0.15) is 5.82 Å². The fourth-order valence-corrected chi connectivity index (χ4v) is 1.50.